The van der Waals surface area contributed by atoms with Crippen molar-refractivity contribution in [3.8, 4) is 0 Å². The summed E-state index contributed by atoms with van der Waals surface area (Å²) in [4.78, 5) is 0. The van der Waals surface area contributed by atoms with Crippen molar-refractivity contribution in [2.24, 2.45) is 0 Å². The molecule has 282 valence electrons. The Morgan fingerprint density at radius 2 is 1.10 bits per heavy atom. The molecule has 6 rings (SSSR count). The minimum Gasteiger partial charge on any atom is -0.382 e. The molecular formula is C47H62Br2O3. The second kappa shape index (κ2) is 18.8. The Bertz CT molecular complexity index is 1690. The Labute approximate surface area is 332 Å². The van der Waals surface area contributed by atoms with Gasteiger partial charge in [-0.2, -0.15) is 0 Å². The average Bonchev–Trinajstić information content (AvgIpc) is 4.08. The van der Waals surface area contributed by atoms with Gasteiger partial charge in [-0.05, 0) is 129 Å². The van der Waals surface area contributed by atoms with E-state index >= 15 is 0 Å². The second-order valence-corrected chi connectivity index (χ2v) is 16.9. The molecule has 4 aromatic carbocycles. The molecular weight excluding hydrogens is 772 g/mol. The summed E-state index contributed by atoms with van der Waals surface area (Å²) in [5.41, 5.74) is 12.9. The van der Waals surface area contributed by atoms with E-state index in [0.29, 0.717) is 18.3 Å². The van der Waals surface area contributed by atoms with Crippen molar-refractivity contribution in [3.05, 3.63) is 137 Å². The molecule has 0 N–H and O–H groups in total. The van der Waals surface area contributed by atoms with E-state index in [2.05, 4.69) is 160 Å². The predicted octanol–water partition coefficient (Wildman–Crippen LogP) is 12.9. The van der Waals surface area contributed by atoms with Gasteiger partial charge in [0.05, 0.1) is 31.5 Å². The monoisotopic (exact) mass is 832 g/mol. The lowest BCUT2D eigenvalue weighted by Gasteiger charge is -2.34. The van der Waals surface area contributed by atoms with E-state index in [1.54, 1.807) is 7.11 Å². The number of hydrogen-bond acceptors (Lipinski definition) is 3. The molecule has 2 fully saturated rings. The number of epoxide rings is 2. The molecule has 0 bridgehead atoms. The van der Waals surface area contributed by atoms with Gasteiger partial charge in [-0.1, -0.05) is 133 Å². The zero-order valence-electron chi connectivity index (χ0n) is 33.6. The van der Waals surface area contributed by atoms with Gasteiger partial charge in [0.25, 0.3) is 0 Å². The summed E-state index contributed by atoms with van der Waals surface area (Å²) in [7, 11) is 1.73. The van der Waals surface area contributed by atoms with Crippen LogP contribution in [0.4, 0.5) is 0 Å². The van der Waals surface area contributed by atoms with Crippen LogP contribution in [-0.4, -0.2) is 38.6 Å². The normalized spacial score (nSPS) is 17.9. The van der Waals surface area contributed by atoms with E-state index in [9.17, 15) is 0 Å². The molecule has 0 radical (unpaired) electrons. The summed E-state index contributed by atoms with van der Waals surface area (Å²) < 4.78 is 18.2. The fourth-order valence-corrected chi connectivity index (χ4v) is 8.48. The molecule has 2 heterocycles. The number of halogens is 2. The van der Waals surface area contributed by atoms with Crippen molar-refractivity contribution in [1.29, 1.82) is 0 Å². The molecule has 4 aromatic rings. The number of methoxy groups -OCH3 is 1. The summed E-state index contributed by atoms with van der Waals surface area (Å²) in [6, 6.07) is 28.0. The molecule has 5 heteroatoms. The lowest BCUT2D eigenvalue weighted by Crippen LogP contribution is -2.26. The first-order valence-electron chi connectivity index (χ1n) is 19.3. The third-order valence-electron chi connectivity index (χ3n) is 11.2. The van der Waals surface area contributed by atoms with Crippen molar-refractivity contribution in [2.75, 3.05) is 20.3 Å². The maximum absolute atomic E-state index is 5.50. The predicted molar refractivity (Wildman–Crippen MR) is 227 cm³/mol. The van der Waals surface area contributed by atoms with Crippen LogP contribution in [0.15, 0.2) is 81.7 Å². The Kier molecular flexibility index (Phi) is 15.4. The van der Waals surface area contributed by atoms with Gasteiger partial charge in [-0.15, -0.1) is 0 Å². The number of benzene rings is 4. The van der Waals surface area contributed by atoms with Crippen molar-refractivity contribution in [1.82, 2.24) is 0 Å². The Morgan fingerprint density at radius 1 is 0.673 bits per heavy atom. The summed E-state index contributed by atoms with van der Waals surface area (Å²) in [6.45, 7) is 23.7. The Morgan fingerprint density at radius 3 is 1.50 bits per heavy atom. The van der Waals surface area contributed by atoms with Crippen LogP contribution in [0.25, 0.3) is 0 Å². The summed E-state index contributed by atoms with van der Waals surface area (Å²) in [5, 5.41) is 0. The maximum Gasteiger partial charge on any atom is 0.0813 e. The summed E-state index contributed by atoms with van der Waals surface area (Å²) in [6.07, 6.45) is 6.70. The van der Waals surface area contributed by atoms with E-state index in [0.717, 1.165) is 54.3 Å². The van der Waals surface area contributed by atoms with Crippen LogP contribution in [0.5, 0.6) is 0 Å². The number of aryl methyl sites for hydroxylation is 3. The highest BCUT2D eigenvalue weighted by Crippen LogP contribution is 2.43. The SMILES string of the molecule is CC.CCC(C)OC.Cc1ccc(C(C)(c2ccc(C(C)(C)c3cc(Br)c(CCC4CO4)c(Br)c3)cc2)c2cc(C)c(CCC3CO3)c(C)c2)cc1. The first-order chi connectivity index (χ1) is 24.8. The number of hydrogen-bond donors (Lipinski definition) is 0. The Balaban J connectivity index is 0.000000688. The molecule has 0 spiro atoms. The molecule has 0 amide bonds. The maximum atomic E-state index is 5.50. The van der Waals surface area contributed by atoms with Gasteiger partial charge in [0.1, 0.15) is 0 Å². The molecule has 2 saturated heterocycles. The third-order valence-corrected chi connectivity index (χ3v) is 12.6. The van der Waals surface area contributed by atoms with Crippen LogP contribution in [0.2, 0.25) is 0 Å². The lowest BCUT2D eigenvalue weighted by molar-refractivity contribution is 0.115. The van der Waals surface area contributed by atoms with Crippen LogP contribution >= 0.6 is 31.9 Å². The average molecular weight is 835 g/mol. The fraction of sp³-hybridized carbons (Fsp3) is 0.489. The molecule has 4 unspecified atom stereocenters. The number of rotatable bonds is 13. The molecule has 52 heavy (non-hydrogen) atoms. The van der Waals surface area contributed by atoms with E-state index in [1.165, 1.54) is 55.6 Å². The molecule has 0 aliphatic carbocycles. The molecule has 3 nitrogen and oxygen atoms in total. The quantitative estimate of drug-likeness (QED) is 0.0994. The minimum absolute atomic E-state index is 0.165. The lowest BCUT2D eigenvalue weighted by atomic mass is 9.69. The summed E-state index contributed by atoms with van der Waals surface area (Å²) >= 11 is 7.77. The van der Waals surface area contributed by atoms with Crippen LogP contribution in [0.3, 0.4) is 0 Å². The van der Waals surface area contributed by atoms with Gasteiger partial charge >= 0.3 is 0 Å². The zero-order chi connectivity index (χ0) is 38.2. The fourth-order valence-electron chi connectivity index (χ4n) is 6.90. The number of ether oxygens (including phenoxy) is 3. The topological polar surface area (TPSA) is 34.3 Å². The molecule has 2 aliphatic heterocycles. The first-order valence-corrected chi connectivity index (χ1v) is 20.9. The third kappa shape index (κ3) is 10.5. The van der Waals surface area contributed by atoms with E-state index in [-0.39, 0.29) is 10.8 Å². The van der Waals surface area contributed by atoms with Crippen molar-refractivity contribution in [2.45, 2.75) is 130 Å². The standard InChI is InChI=1S/C40H44Br2O2.C5H12O.C2H6/c1-25-7-9-29(10-8-25)40(6,32-19-26(2)35(27(3)20-32)17-15-33-23-43-33)30-13-11-28(12-14-30)39(4,5)31-21-37(41)36(38(42)22-31)18-16-34-24-44-34;1-4-5(2)6-3;1-2/h7-14,19-22,33-34H,15-18,23-24H2,1-6H3;5H,4H2,1-3H3;1-2H3. The van der Waals surface area contributed by atoms with Crippen molar-refractivity contribution < 1.29 is 14.2 Å². The second-order valence-electron chi connectivity index (χ2n) is 15.1. The van der Waals surface area contributed by atoms with Gasteiger partial charge in [-0.25, -0.2) is 0 Å². The van der Waals surface area contributed by atoms with Crippen LogP contribution in [0, 0.1) is 20.8 Å². The Hall–Kier alpha value is -2.28. The van der Waals surface area contributed by atoms with Gasteiger partial charge in [0, 0.05) is 26.9 Å². The van der Waals surface area contributed by atoms with Gasteiger partial charge < -0.3 is 14.2 Å². The highest BCUT2D eigenvalue weighted by molar-refractivity contribution is 9.11. The molecule has 0 saturated carbocycles. The smallest absolute Gasteiger partial charge is 0.0813 e. The van der Waals surface area contributed by atoms with Crippen molar-refractivity contribution >= 4 is 31.9 Å². The largest absolute Gasteiger partial charge is 0.382 e. The zero-order valence-corrected chi connectivity index (χ0v) is 36.8. The first kappa shape index (κ1) is 42.5. The van der Waals surface area contributed by atoms with Crippen LogP contribution < -0.4 is 0 Å². The van der Waals surface area contributed by atoms with Crippen LogP contribution in [-0.2, 0) is 37.9 Å². The van der Waals surface area contributed by atoms with Gasteiger partial charge in [0.15, 0.2) is 0 Å². The molecule has 4 atom stereocenters. The highest BCUT2D eigenvalue weighted by Gasteiger charge is 2.34. The van der Waals surface area contributed by atoms with E-state index in [1.807, 2.05) is 13.8 Å². The van der Waals surface area contributed by atoms with E-state index in [4.69, 9.17) is 14.2 Å². The molecule has 0 aromatic heterocycles. The van der Waals surface area contributed by atoms with Gasteiger partial charge in [0.2, 0.25) is 0 Å². The molecule has 2 aliphatic rings. The van der Waals surface area contributed by atoms with Crippen LogP contribution in [0.1, 0.15) is 123 Å². The minimum atomic E-state index is -0.289. The highest BCUT2D eigenvalue weighted by atomic mass is 79.9. The van der Waals surface area contributed by atoms with Gasteiger partial charge in [-0.3, -0.25) is 0 Å². The van der Waals surface area contributed by atoms with Crippen molar-refractivity contribution in [3.63, 3.8) is 0 Å². The van der Waals surface area contributed by atoms with E-state index < -0.39 is 0 Å². The summed E-state index contributed by atoms with van der Waals surface area (Å²) in [5.74, 6) is 0.